The van der Waals surface area contributed by atoms with Crippen molar-refractivity contribution in [1.82, 2.24) is 20.5 Å². The number of fused-ring (bicyclic) bond motifs is 7. The van der Waals surface area contributed by atoms with E-state index in [1.54, 1.807) is 29.2 Å². The van der Waals surface area contributed by atoms with E-state index in [2.05, 4.69) is 15.6 Å². The lowest BCUT2D eigenvalue weighted by Crippen LogP contribution is -2.56. The summed E-state index contributed by atoms with van der Waals surface area (Å²) < 4.78 is 14.0. The van der Waals surface area contributed by atoms with Crippen LogP contribution >= 0.6 is 0 Å². The van der Waals surface area contributed by atoms with Crippen LogP contribution in [0.3, 0.4) is 0 Å². The maximum absolute atomic E-state index is 14.0. The van der Waals surface area contributed by atoms with Crippen molar-refractivity contribution in [3.8, 4) is 0 Å². The molecule has 3 amide bonds. The second-order valence-corrected chi connectivity index (χ2v) is 11.3. The summed E-state index contributed by atoms with van der Waals surface area (Å²) in [5.74, 6) is -1.05. The molecule has 4 aromatic rings. The Morgan fingerprint density at radius 3 is 2.56 bits per heavy atom. The molecule has 7 nitrogen and oxygen atoms in total. The number of aromatic amines is 1. The third kappa shape index (κ3) is 4.88. The predicted octanol–water partition coefficient (Wildman–Crippen LogP) is 4.67. The standard InChI is InChI=1S/C33H33FN4O3/c1-19(2)17-27(31(39)35-16-15-20-9-3-7-13-25(20)34)37-32(40)28-18-24-21-10-6-8-14-26(21)36-29(24)30-22-11-4-5-12-23(22)33(41)38(28)30/h3-14,19,27-28,30,36H,15-18H2,1-2H3,(H,35,39)(H,37,40)/t27-,28-,30?/m0/s1. The van der Waals surface area contributed by atoms with E-state index in [0.717, 1.165) is 27.7 Å². The molecule has 41 heavy (non-hydrogen) atoms. The van der Waals surface area contributed by atoms with Crippen molar-refractivity contribution in [3.05, 3.63) is 107 Å². The highest BCUT2D eigenvalue weighted by molar-refractivity contribution is 6.04. The van der Waals surface area contributed by atoms with Crippen LogP contribution in [0.25, 0.3) is 10.9 Å². The Kier molecular flexibility index (Phi) is 7.07. The van der Waals surface area contributed by atoms with Gasteiger partial charge in [-0.05, 0) is 53.6 Å². The first-order valence-corrected chi connectivity index (χ1v) is 14.2. The van der Waals surface area contributed by atoms with E-state index in [9.17, 15) is 18.8 Å². The van der Waals surface area contributed by atoms with Crippen LogP contribution in [0.15, 0.2) is 72.8 Å². The fourth-order valence-electron chi connectivity index (χ4n) is 6.25. The van der Waals surface area contributed by atoms with Crippen LogP contribution in [-0.4, -0.2) is 46.2 Å². The molecule has 2 aliphatic rings. The van der Waals surface area contributed by atoms with Crippen LogP contribution < -0.4 is 10.6 Å². The Hall–Kier alpha value is -4.46. The summed E-state index contributed by atoms with van der Waals surface area (Å²) in [5, 5.41) is 6.88. The molecule has 3 heterocycles. The van der Waals surface area contributed by atoms with Crippen molar-refractivity contribution >= 4 is 28.6 Å². The number of halogens is 1. The van der Waals surface area contributed by atoms with Gasteiger partial charge in [0.2, 0.25) is 11.8 Å². The average Bonchev–Trinajstić information content (AvgIpc) is 3.48. The van der Waals surface area contributed by atoms with Crippen LogP contribution in [0.4, 0.5) is 4.39 Å². The molecule has 0 saturated carbocycles. The Morgan fingerprint density at radius 2 is 1.76 bits per heavy atom. The molecule has 1 aromatic heterocycles. The average molecular weight is 553 g/mol. The van der Waals surface area contributed by atoms with E-state index in [-0.39, 0.29) is 36.0 Å². The fourth-order valence-corrected chi connectivity index (χ4v) is 6.25. The summed E-state index contributed by atoms with van der Waals surface area (Å²) in [6, 6.07) is 19.9. The number of nitrogens with one attached hydrogen (secondary N) is 3. The summed E-state index contributed by atoms with van der Waals surface area (Å²) in [6.45, 7) is 4.22. The molecule has 0 radical (unpaired) electrons. The molecule has 0 bridgehead atoms. The highest BCUT2D eigenvalue weighted by Gasteiger charge is 2.49. The lowest BCUT2D eigenvalue weighted by atomic mass is 9.89. The van der Waals surface area contributed by atoms with Gasteiger partial charge in [0, 0.05) is 35.1 Å². The lowest BCUT2D eigenvalue weighted by Gasteiger charge is -2.37. The van der Waals surface area contributed by atoms with Crippen molar-refractivity contribution in [1.29, 1.82) is 0 Å². The number of hydrogen-bond acceptors (Lipinski definition) is 3. The number of hydrogen-bond donors (Lipinski definition) is 3. The number of rotatable bonds is 8. The van der Waals surface area contributed by atoms with Crippen LogP contribution in [0.1, 0.15) is 59.1 Å². The lowest BCUT2D eigenvalue weighted by molar-refractivity contribution is -0.132. The zero-order valence-electron chi connectivity index (χ0n) is 23.1. The minimum absolute atomic E-state index is 0.134. The van der Waals surface area contributed by atoms with Crippen molar-refractivity contribution in [2.24, 2.45) is 5.92 Å². The number of benzene rings is 3. The van der Waals surface area contributed by atoms with E-state index < -0.39 is 18.1 Å². The minimum atomic E-state index is -0.786. The number of carbonyl (C=O) groups excluding carboxylic acids is 3. The predicted molar refractivity (Wildman–Crippen MR) is 155 cm³/mol. The molecule has 0 aliphatic carbocycles. The molecule has 0 saturated heterocycles. The fraction of sp³-hybridized carbons (Fsp3) is 0.303. The van der Waals surface area contributed by atoms with Crippen molar-refractivity contribution in [3.63, 3.8) is 0 Å². The van der Waals surface area contributed by atoms with E-state index in [4.69, 9.17) is 0 Å². The smallest absolute Gasteiger partial charge is 0.255 e. The monoisotopic (exact) mass is 552 g/mol. The van der Waals surface area contributed by atoms with Gasteiger partial charge < -0.3 is 20.5 Å². The van der Waals surface area contributed by atoms with Crippen LogP contribution in [-0.2, 0) is 22.4 Å². The third-order valence-electron chi connectivity index (χ3n) is 8.15. The van der Waals surface area contributed by atoms with Gasteiger partial charge in [0.05, 0.1) is 6.04 Å². The number of H-pyrrole nitrogens is 1. The van der Waals surface area contributed by atoms with Gasteiger partial charge in [0.15, 0.2) is 0 Å². The third-order valence-corrected chi connectivity index (χ3v) is 8.15. The second kappa shape index (κ2) is 10.8. The number of para-hydroxylation sites is 1. The van der Waals surface area contributed by atoms with Crippen LogP contribution in [0.2, 0.25) is 0 Å². The van der Waals surface area contributed by atoms with Crippen molar-refractivity contribution in [2.45, 2.75) is 51.2 Å². The Balaban J connectivity index is 1.26. The molecular formula is C33H33FN4O3. The first-order valence-electron chi connectivity index (χ1n) is 14.2. The van der Waals surface area contributed by atoms with Gasteiger partial charge in [-0.15, -0.1) is 0 Å². The normalized spacial score (nSPS) is 18.1. The molecule has 210 valence electrons. The van der Waals surface area contributed by atoms with E-state index >= 15 is 0 Å². The molecule has 2 aliphatic heterocycles. The van der Waals surface area contributed by atoms with Crippen LogP contribution in [0, 0.1) is 11.7 Å². The van der Waals surface area contributed by atoms with Gasteiger partial charge in [-0.1, -0.05) is 68.4 Å². The largest absolute Gasteiger partial charge is 0.356 e. The SMILES string of the molecule is CC(C)C[C@H](NC(=O)[C@@H]1Cc2c([nH]c3ccccc23)C2c3ccccc3C(=O)N21)C(=O)NCCc1ccccc1F. The highest BCUT2D eigenvalue weighted by Crippen LogP contribution is 2.46. The molecule has 1 unspecified atom stereocenters. The molecule has 0 spiro atoms. The van der Waals surface area contributed by atoms with Crippen molar-refractivity contribution < 1.29 is 18.8 Å². The number of carbonyl (C=O) groups is 3. The molecule has 0 fully saturated rings. The number of aromatic nitrogens is 1. The zero-order valence-corrected chi connectivity index (χ0v) is 23.1. The van der Waals surface area contributed by atoms with Gasteiger partial charge in [0.1, 0.15) is 17.9 Å². The first-order chi connectivity index (χ1) is 19.8. The van der Waals surface area contributed by atoms with Gasteiger partial charge in [-0.2, -0.15) is 0 Å². The Labute approximate surface area is 238 Å². The molecule has 6 rings (SSSR count). The zero-order chi connectivity index (χ0) is 28.7. The summed E-state index contributed by atoms with van der Waals surface area (Å²) in [7, 11) is 0. The number of nitrogens with zero attached hydrogens (tertiary/aromatic N) is 1. The van der Waals surface area contributed by atoms with E-state index in [0.29, 0.717) is 30.4 Å². The first kappa shape index (κ1) is 26.7. The van der Waals surface area contributed by atoms with Gasteiger partial charge >= 0.3 is 0 Å². The second-order valence-electron chi connectivity index (χ2n) is 11.3. The molecule has 3 aromatic carbocycles. The molecule has 8 heteroatoms. The minimum Gasteiger partial charge on any atom is -0.356 e. The highest BCUT2D eigenvalue weighted by atomic mass is 19.1. The summed E-state index contributed by atoms with van der Waals surface area (Å²) in [6.07, 6.45) is 1.11. The topological polar surface area (TPSA) is 94.3 Å². The summed E-state index contributed by atoms with van der Waals surface area (Å²) in [4.78, 5) is 46.1. The van der Waals surface area contributed by atoms with Gasteiger partial charge in [-0.3, -0.25) is 14.4 Å². The molecule has 3 atom stereocenters. The van der Waals surface area contributed by atoms with Crippen molar-refractivity contribution in [2.75, 3.05) is 6.54 Å². The number of amides is 3. The summed E-state index contributed by atoms with van der Waals surface area (Å²) >= 11 is 0. The Morgan fingerprint density at radius 1 is 1.02 bits per heavy atom. The maximum atomic E-state index is 14.0. The van der Waals surface area contributed by atoms with Gasteiger partial charge in [-0.25, -0.2) is 4.39 Å². The quantitative estimate of drug-likeness (QED) is 0.297. The maximum Gasteiger partial charge on any atom is 0.255 e. The van der Waals surface area contributed by atoms with E-state index in [1.165, 1.54) is 6.07 Å². The molecule has 3 N–H and O–H groups in total. The van der Waals surface area contributed by atoms with Gasteiger partial charge in [0.25, 0.3) is 5.91 Å². The van der Waals surface area contributed by atoms with Crippen LogP contribution in [0.5, 0.6) is 0 Å². The van der Waals surface area contributed by atoms with E-state index in [1.807, 2.05) is 56.3 Å². The summed E-state index contributed by atoms with van der Waals surface area (Å²) in [5.41, 5.74) is 4.88. The Bertz CT molecular complexity index is 1640. The molecular weight excluding hydrogens is 519 g/mol.